The van der Waals surface area contributed by atoms with Crippen molar-refractivity contribution in [2.24, 2.45) is 17.3 Å². The molecule has 8 nitrogen and oxygen atoms in total. The number of hydrogen-bond acceptors (Lipinski definition) is 5. The number of nitrogens with one attached hydrogen (secondary N) is 1. The molecule has 0 bridgehead atoms. The van der Waals surface area contributed by atoms with E-state index in [1.54, 1.807) is 13.8 Å². The van der Waals surface area contributed by atoms with Crippen LogP contribution in [0, 0.1) is 17.3 Å². The lowest BCUT2D eigenvalue weighted by atomic mass is 10.1. The number of carboxylic acids is 1. The van der Waals surface area contributed by atoms with Crippen LogP contribution < -0.4 is 10.1 Å². The monoisotopic (exact) mass is 370 g/mol. The van der Waals surface area contributed by atoms with E-state index < -0.39 is 39.2 Å². The molecule has 2 atom stereocenters. The van der Waals surface area contributed by atoms with E-state index in [4.69, 9.17) is 4.74 Å². The highest BCUT2D eigenvalue weighted by atomic mass is 32.2. The minimum atomic E-state index is -3.68. The maximum absolute atomic E-state index is 12.5. The molecule has 0 heterocycles. The summed E-state index contributed by atoms with van der Waals surface area (Å²) in [6.07, 6.45) is 0. The van der Waals surface area contributed by atoms with Crippen molar-refractivity contribution in [3.63, 3.8) is 0 Å². The number of benzene rings is 1. The number of aliphatic carboxylic acids is 1. The van der Waals surface area contributed by atoms with Gasteiger partial charge in [0.25, 0.3) is 0 Å². The average Bonchev–Trinajstić information content (AvgIpc) is 3.10. The van der Waals surface area contributed by atoms with Crippen molar-refractivity contribution in [2.45, 2.75) is 18.7 Å². The molecule has 1 aromatic carbocycles. The van der Waals surface area contributed by atoms with Crippen molar-refractivity contribution in [3.05, 3.63) is 18.2 Å². The zero-order valence-corrected chi connectivity index (χ0v) is 15.5. The van der Waals surface area contributed by atoms with Gasteiger partial charge in [0.1, 0.15) is 5.75 Å². The first-order valence-corrected chi connectivity index (χ1v) is 9.02. The van der Waals surface area contributed by atoms with Crippen LogP contribution >= 0.6 is 0 Å². The Hall–Kier alpha value is -2.13. The van der Waals surface area contributed by atoms with Crippen LogP contribution in [0.25, 0.3) is 0 Å². The number of amides is 1. The van der Waals surface area contributed by atoms with Crippen LogP contribution in [0.5, 0.6) is 5.75 Å². The van der Waals surface area contributed by atoms with Gasteiger partial charge in [-0.1, -0.05) is 13.8 Å². The molecule has 0 radical (unpaired) electrons. The topological polar surface area (TPSA) is 113 Å². The van der Waals surface area contributed by atoms with Crippen molar-refractivity contribution in [1.29, 1.82) is 0 Å². The first kappa shape index (κ1) is 19.2. The summed E-state index contributed by atoms with van der Waals surface area (Å²) in [5.41, 5.74) is -0.474. The molecule has 0 saturated heterocycles. The van der Waals surface area contributed by atoms with Crippen LogP contribution in [0.3, 0.4) is 0 Å². The zero-order chi connectivity index (χ0) is 19.2. The smallest absolute Gasteiger partial charge is 0.307 e. The molecule has 2 N–H and O–H groups in total. The first-order valence-electron chi connectivity index (χ1n) is 7.58. The Morgan fingerprint density at radius 3 is 2.28 bits per heavy atom. The summed E-state index contributed by atoms with van der Waals surface area (Å²) in [4.78, 5) is 23.7. The van der Waals surface area contributed by atoms with Crippen molar-refractivity contribution >= 4 is 27.6 Å². The number of anilines is 1. The summed E-state index contributed by atoms with van der Waals surface area (Å²) >= 11 is 0. The van der Waals surface area contributed by atoms with Crippen LogP contribution in [0.15, 0.2) is 23.1 Å². The molecule has 1 amide bonds. The third-order valence-corrected chi connectivity index (χ3v) is 6.39. The standard InChI is InChI=1S/C16H22N2O6S/c1-16(2)12(13(16)15(20)21)14(19)17-10-8-9(6-7-11(10)24-5)25(22,23)18(3)4/h6-8,12-13H,1-5H3,(H,17,19)(H,20,21). The molecular weight excluding hydrogens is 348 g/mol. The Balaban J connectivity index is 2.33. The van der Waals surface area contributed by atoms with Gasteiger partial charge in [0.05, 0.1) is 29.5 Å². The number of hydrogen-bond donors (Lipinski definition) is 2. The second-order valence-electron chi connectivity index (χ2n) is 6.75. The number of ether oxygens (including phenoxy) is 1. The van der Waals surface area contributed by atoms with Gasteiger partial charge in [-0.2, -0.15) is 0 Å². The highest BCUT2D eigenvalue weighted by Crippen LogP contribution is 2.58. The fourth-order valence-corrected chi connectivity index (χ4v) is 3.88. The number of carbonyl (C=O) groups is 2. The van der Waals surface area contributed by atoms with Crippen molar-refractivity contribution < 1.29 is 27.9 Å². The van der Waals surface area contributed by atoms with Crippen molar-refractivity contribution in [2.75, 3.05) is 26.5 Å². The minimum Gasteiger partial charge on any atom is -0.495 e. The zero-order valence-electron chi connectivity index (χ0n) is 14.7. The van der Waals surface area contributed by atoms with Gasteiger partial charge in [0.15, 0.2) is 0 Å². The van der Waals surface area contributed by atoms with Crippen LogP contribution in [0.1, 0.15) is 13.8 Å². The molecule has 2 rings (SSSR count). The number of nitrogens with zero attached hydrogens (tertiary/aromatic N) is 1. The van der Waals surface area contributed by atoms with E-state index in [0.29, 0.717) is 0 Å². The summed E-state index contributed by atoms with van der Waals surface area (Å²) in [5.74, 6) is -2.68. The van der Waals surface area contributed by atoms with Crippen molar-refractivity contribution in [1.82, 2.24) is 4.31 Å². The second kappa shape index (κ2) is 6.30. The molecule has 138 valence electrons. The molecule has 1 aliphatic carbocycles. The fourth-order valence-electron chi connectivity index (χ4n) is 2.95. The predicted octanol–water partition coefficient (Wildman–Crippen LogP) is 1.24. The van der Waals surface area contributed by atoms with Crippen LogP contribution in [0.4, 0.5) is 5.69 Å². The molecule has 1 aromatic rings. The summed E-state index contributed by atoms with van der Waals surface area (Å²) < 4.78 is 30.7. The van der Waals surface area contributed by atoms with Crippen LogP contribution in [0.2, 0.25) is 0 Å². The van der Waals surface area contributed by atoms with Crippen LogP contribution in [-0.2, 0) is 19.6 Å². The maximum atomic E-state index is 12.5. The Morgan fingerprint density at radius 1 is 1.24 bits per heavy atom. The van der Waals surface area contributed by atoms with Gasteiger partial charge in [-0.3, -0.25) is 9.59 Å². The molecule has 2 unspecified atom stereocenters. The van der Waals surface area contributed by atoms with E-state index in [0.717, 1.165) is 4.31 Å². The van der Waals surface area contributed by atoms with Gasteiger partial charge in [-0.25, -0.2) is 12.7 Å². The summed E-state index contributed by atoms with van der Waals surface area (Å²) in [5, 5.41) is 11.8. The highest BCUT2D eigenvalue weighted by molar-refractivity contribution is 7.89. The fraction of sp³-hybridized carbons (Fsp3) is 0.500. The van der Waals surface area contributed by atoms with Gasteiger partial charge in [-0.15, -0.1) is 0 Å². The lowest BCUT2D eigenvalue weighted by Gasteiger charge is -2.15. The third kappa shape index (κ3) is 3.34. The number of methoxy groups -OCH3 is 1. The first-order chi connectivity index (χ1) is 11.4. The molecule has 1 fully saturated rings. The Morgan fingerprint density at radius 2 is 1.84 bits per heavy atom. The lowest BCUT2D eigenvalue weighted by molar-refractivity contribution is -0.140. The molecule has 0 aromatic heterocycles. The highest BCUT2D eigenvalue weighted by Gasteiger charge is 2.65. The lowest BCUT2D eigenvalue weighted by Crippen LogP contribution is -2.23. The summed E-state index contributed by atoms with van der Waals surface area (Å²) in [7, 11) is 0.525. The Labute approximate surface area is 146 Å². The largest absolute Gasteiger partial charge is 0.495 e. The number of carboxylic acid groups (broad SMARTS) is 1. The van der Waals surface area contributed by atoms with Crippen LogP contribution in [-0.4, -0.2) is 50.9 Å². The molecule has 25 heavy (non-hydrogen) atoms. The minimum absolute atomic E-state index is 0.00144. The Kier molecular flexibility index (Phi) is 4.84. The van der Waals surface area contributed by atoms with E-state index in [1.165, 1.54) is 39.4 Å². The van der Waals surface area contributed by atoms with Crippen molar-refractivity contribution in [3.8, 4) is 5.75 Å². The average molecular weight is 370 g/mol. The maximum Gasteiger partial charge on any atom is 0.307 e. The summed E-state index contributed by atoms with van der Waals surface area (Å²) in [6.45, 7) is 3.42. The van der Waals surface area contributed by atoms with Gasteiger partial charge >= 0.3 is 5.97 Å². The van der Waals surface area contributed by atoms with E-state index in [9.17, 15) is 23.1 Å². The molecule has 1 saturated carbocycles. The van der Waals surface area contributed by atoms with E-state index >= 15 is 0 Å². The normalized spacial score (nSPS) is 21.7. The SMILES string of the molecule is COc1ccc(S(=O)(=O)N(C)C)cc1NC(=O)C1C(C(=O)O)C1(C)C. The van der Waals surface area contributed by atoms with Gasteiger partial charge in [0.2, 0.25) is 15.9 Å². The van der Waals surface area contributed by atoms with E-state index in [-0.39, 0.29) is 16.3 Å². The molecule has 1 aliphatic rings. The second-order valence-corrected chi connectivity index (χ2v) is 8.91. The summed E-state index contributed by atoms with van der Waals surface area (Å²) in [6, 6.07) is 4.13. The number of sulfonamides is 1. The Bertz CT molecular complexity index is 816. The van der Waals surface area contributed by atoms with Gasteiger partial charge in [-0.05, 0) is 23.6 Å². The third-order valence-electron chi connectivity index (χ3n) is 4.58. The molecule has 0 spiro atoms. The van der Waals surface area contributed by atoms with Gasteiger partial charge in [0, 0.05) is 14.1 Å². The number of carbonyl (C=O) groups excluding carboxylic acids is 1. The number of rotatable bonds is 6. The quantitative estimate of drug-likeness (QED) is 0.779. The molecule has 0 aliphatic heterocycles. The molecule has 9 heteroatoms. The molecular formula is C16H22N2O6S. The van der Waals surface area contributed by atoms with E-state index in [2.05, 4.69) is 5.32 Å². The van der Waals surface area contributed by atoms with Gasteiger partial charge < -0.3 is 15.2 Å². The van der Waals surface area contributed by atoms with E-state index in [1.807, 2.05) is 0 Å². The predicted molar refractivity (Wildman–Crippen MR) is 90.9 cm³/mol.